The Balaban J connectivity index is 3.01. The van der Waals surface area contributed by atoms with Crippen molar-refractivity contribution in [2.75, 3.05) is 7.11 Å². The molecule has 1 rings (SSSR count). The van der Waals surface area contributed by atoms with Gasteiger partial charge in [-0.1, -0.05) is 6.07 Å². The Morgan fingerprint density at radius 1 is 1.43 bits per heavy atom. The van der Waals surface area contributed by atoms with Crippen LogP contribution in [0, 0.1) is 0 Å². The van der Waals surface area contributed by atoms with E-state index in [9.17, 15) is 9.90 Å². The third-order valence-electron chi connectivity index (χ3n) is 2.04. The van der Waals surface area contributed by atoms with E-state index >= 15 is 0 Å². The van der Waals surface area contributed by atoms with Crippen molar-refractivity contribution < 1.29 is 19.7 Å². The minimum atomic E-state index is -0.541. The van der Waals surface area contributed by atoms with Crippen LogP contribution in [-0.4, -0.2) is 23.3 Å². The molecule has 0 aliphatic carbocycles. The monoisotopic (exact) mass is 196 g/mol. The van der Waals surface area contributed by atoms with Crippen molar-refractivity contribution in [3.63, 3.8) is 0 Å². The maximum atomic E-state index is 11.2. The fraction of sp³-hybridized carbons (Fsp3) is 0.300. The first-order chi connectivity index (χ1) is 6.56. The highest BCUT2D eigenvalue weighted by molar-refractivity contribution is 5.78. The first kappa shape index (κ1) is 10.4. The van der Waals surface area contributed by atoms with Crippen molar-refractivity contribution in [1.82, 2.24) is 0 Å². The third-order valence-corrected chi connectivity index (χ3v) is 2.04. The molecule has 1 aromatic rings. The van der Waals surface area contributed by atoms with Gasteiger partial charge in [-0.05, 0) is 13.0 Å². The van der Waals surface area contributed by atoms with Crippen LogP contribution in [0.5, 0.6) is 11.5 Å². The number of carbonyl (C=O) groups is 1. The Morgan fingerprint density at radius 3 is 2.57 bits per heavy atom. The molecule has 1 unspecified atom stereocenters. The summed E-state index contributed by atoms with van der Waals surface area (Å²) < 4.78 is 4.54. The van der Waals surface area contributed by atoms with E-state index in [-0.39, 0.29) is 11.5 Å². The third kappa shape index (κ3) is 1.96. The molecule has 0 saturated heterocycles. The van der Waals surface area contributed by atoms with Crippen LogP contribution in [0.2, 0.25) is 0 Å². The van der Waals surface area contributed by atoms with Crippen LogP contribution >= 0.6 is 0 Å². The van der Waals surface area contributed by atoms with Crippen LogP contribution in [-0.2, 0) is 9.53 Å². The van der Waals surface area contributed by atoms with Crippen LogP contribution in [0.3, 0.4) is 0 Å². The molecular formula is C10H12O4. The average Bonchev–Trinajstić information content (AvgIpc) is 2.15. The molecule has 0 bridgehead atoms. The molecule has 0 spiro atoms. The van der Waals surface area contributed by atoms with Gasteiger partial charge in [0, 0.05) is 11.6 Å². The summed E-state index contributed by atoms with van der Waals surface area (Å²) in [6.07, 6.45) is 0. The number of ether oxygens (including phenoxy) is 1. The minimum absolute atomic E-state index is 0.0386. The Hall–Kier alpha value is -1.71. The lowest BCUT2D eigenvalue weighted by atomic mass is 10.0. The van der Waals surface area contributed by atoms with Crippen molar-refractivity contribution in [3.8, 4) is 11.5 Å². The molecule has 0 saturated carbocycles. The van der Waals surface area contributed by atoms with Gasteiger partial charge in [0.15, 0.2) is 0 Å². The first-order valence-corrected chi connectivity index (χ1v) is 4.16. The number of aromatic hydroxyl groups is 2. The van der Waals surface area contributed by atoms with E-state index in [1.165, 1.54) is 25.3 Å². The highest BCUT2D eigenvalue weighted by Gasteiger charge is 2.18. The van der Waals surface area contributed by atoms with Gasteiger partial charge >= 0.3 is 5.97 Å². The van der Waals surface area contributed by atoms with Crippen LogP contribution in [0.15, 0.2) is 18.2 Å². The number of esters is 1. The summed E-state index contributed by atoms with van der Waals surface area (Å²) in [5.74, 6) is -1.11. The van der Waals surface area contributed by atoms with Crippen LogP contribution in [0.25, 0.3) is 0 Å². The number of rotatable bonds is 2. The molecule has 4 nitrogen and oxygen atoms in total. The number of phenolic OH excluding ortho intramolecular Hbond substituents is 2. The van der Waals surface area contributed by atoms with E-state index in [4.69, 9.17) is 5.11 Å². The van der Waals surface area contributed by atoms with Gasteiger partial charge in [-0.3, -0.25) is 4.79 Å². The molecule has 1 aromatic carbocycles. The van der Waals surface area contributed by atoms with Gasteiger partial charge < -0.3 is 14.9 Å². The van der Waals surface area contributed by atoms with E-state index in [1.807, 2.05) is 0 Å². The van der Waals surface area contributed by atoms with Gasteiger partial charge in [0.25, 0.3) is 0 Å². The topological polar surface area (TPSA) is 66.8 Å². The second-order valence-electron chi connectivity index (χ2n) is 2.99. The SMILES string of the molecule is COC(=O)C(C)c1ccc(O)cc1O. The van der Waals surface area contributed by atoms with Crippen molar-refractivity contribution in [2.24, 2.45) is 0 Å². The predicted octanol–water partition coefficient (Wildman–Crippen LogP) is 1.37. The second kappa shape index (κ2) is 4.00. The number of hydrogen-bond acceptors (Lipinski definition) is 4. The summed E-state index contributed by atoms with van der Waals surface area (Å²) in [4.78, 5) is 11.2. The summed E-state index contributed by atoms with van der Waals surface area (Å²) in [7, 11) is 1.29. The highest BCUT2D eigenvalue weighted by atomic mass is 16.5. The number of carbonyl (C=O) groups excluding carboxylic acids is 1. The van der Waals surface area contributed by atoms with Crippen LogP contribution in [0.1, 0.15) is 18.4 Å². The standard InChI is InChI=1S/C10H12O4/c1-6(10(13)14-2)8-4-3-7(11)5-9(8)12/h3-6,11-12H,1-2H3. The average molecular weight is 196 g/mol. The largest absolute Gasteiger partial charge is 0.508 e. The molecule has 76 valence electrons. The molecule has 0 aromatic heterocycles. The summed E-state index contributed by atoms with van der Waals surface area (Å²) >= 11 is 0. The number of methoxy groups -OCH3 is 1. The summed E-state index contributed by atoms with van der Waals surface area (Å²) in [6.45, 7) is 1.62. The normalized spacial score (nSPS) is 12.1. The lowest BCUT2D eigenvalue weighted by Gasteiger charge is -2.11. The van der Waals surface area contributed by atoms with Crippen molar-refractivity contribution in [3.05, 3.63) is 23.8 Å². The molecule has 1 atom stereocenters. The van der Waals surface area contributed by atoms with Crippen molar-refractivity contribution in [2.45, 2.75) is 12.8 Å². The molecule has 14 heavy (non-hydrogen) atoms. The number of hydrogen-bond donors (Lipinski definition) is 2. The number of benzene rings is 1. The van der Waals surface area contributed by atoms with Gasteiger partial charge in [0.1, 0.15) is 11.5 Å². The highest BCUT2D eigenvalue weighted by Crippen LogP contribution is 2.29. The Kier molecular flexibility index (Phi) is 2.96. The first-order valence-electron chi connectivity index (χ1n) is 4.16. The van der Waals surface area contributed by atoms with Crippen molar-refractivity contribution in [1.29, 1.82) is 0 Å². The Morgan fingerprint density at radius 2 is 2.07 bits per heavy atom. The zero-order valence-electron chi connectivity index (χ0n) is 8.02. The minimum Gasteiger partial charge on any atom is -0.508 e. The molecule has 4 heteroatoms. The molecule has 0 amide bonds. The van der Waals surface area contributed by atoms with Gasteiger partial charge in [-0.25, -0.2) is 0 Å². The molecule has 0 heterocycles. The quantitative estimate of drug-likeness (QED) is 0.701. The lowest BCUT2D eigenvalue weighted by molar-refractivity contribution is -0.142. The zero-order chi connectivity index (χ0) is 10.7. The smallest absolute Gasteiger partial charge is 0.312 e. The van der Waals surface area contributed by atoms with E-state index < -0.39 is 11.9 Å². The molecule has 0 fully saturated rings. The van der Waals surface area contributed by atoms with Crippen LogP contribution in [0.4, 0.5) is 0 Å². The second-order valence-corrected chi connectivity index (χ2v) is 2.99. The lowest BCUT2D eigenvalue weighted by Crippen LogP contribution is -2.10. The summed E-state index contributed by atoms with van der Waals surface area (Å²) in [5.41, 5.74) is 0.439. The van der Waals surface area contributed by atoms with E-state index in [2.05, 4.69) is 4.74 Å². The Bertz CT molecular complexity index is 346. The van der Waals surface area contributed by atoms with Gasteiger partial charge in [-0.15, -0.1) is 0 Å². The number of phenols is 2. The van der Waals surface area contributed by atoms with E-state index in [1.54, 1.807) is 6.92 Å². The summed E-state index contributed by atoms with van der Waals surface area (Å²) in [5, 5.41) is 18.5. The maximum Gasteiger partial charge on any atom is 0.312 e. The zero-order valence-corrected chi connectivity index (χ0v) is 8.02. The van der Waals surface area contributed by atoms with Crippen LogP contribution < -0.4 is 0 Å². The molecule has 2 N–H and O–H groups in total. The fourth-order valence-electron chi connectivity index (χ4n) is 1.20. The molecule has 0 aliphatic heterocycles. The van der Waals surface area contributed by atoms with Gasteiger partial charge in [0.2, 0.25) is 0 Å². The summed E-state index contributed by atoms with van der Waals surface area (Å²) in [6, 6.07) is 4.09. The fourth-order valence-corrected chi connectivity index (χ4v) is 1.20. The van der Waals surface area contributed by atoms with E-state index in [0.717, 1.165) is 0 Å². The molecule has 0 aliphatic rings. The molecule has 0 radical (unpaired) electrons. The maximum absolute atomic E-state index is 11.2. The van der Waals surface area contributed by atoms with Gasteiger partial charge in [0.05, 0.1) is 13.0 Å². The molecular weight excluding hydrogens is 184 g/mol. The van der Waals surface area contributed by atoms with E-state index in [0.29, 0.717) is 5.56 Å². The predicted molar refractivity (Wildman–Crippen MR) is 50.2 cm³/mol. The van der Waals surface area contributed by atoms with Gasteiger partial charge in [-0.2, -0.15) is 0 Å². The Labute approximate surface area is 81.8 Å². The van der Waals surface area contributed by atoms with Crippen molar-refractivity contribution >= 4 is 5.97 Å².